The summed E-state index contributed by atoms with van der Waals surface area (Å²) in [6, 6.07) is 5.25. The quantitative estimate of drug-likeness (QED) is 0.729. The molecule has 3 aliphatic rings. The summed E-state index contributed by atoms with van der Waals surface area (Å²) in [4.78, 5) is 45.8. The van der Waals surface area contributed by atoms with Crippen molar-refractivity contribution in [3.63, 3.8) is 0 Å². The number of carbonyl (C=O) groups is 3. The van der Waals surface area contributed by atoms with Gasteiger partial charge in [-0.1, -0.05) is 11.3 Å². The van der Waals surface area contributed by atoms with Crippen molar-refractivity contribution in [2.24, 2.45) is 5.92 Å². The van der Waals surface area contributed by atoms with Crippen molar-refractivity contribution in [3.05, 3.63) is 34.3 Å². The lowest BCUT2D eigenvalue weighted by atomic mass is 9.94. The molecule has 0 spiro atoms. The maximum atomic E-state index is 13.0. The molecule has 0 aliphatic carbocycles. The van der Waals surface area contributed by atoms with Gasteiger partial charge in [-0.05, 0) is 38.5 Å². The zero-order valence-corrected chi connectivity index (χ0v) is 18.7. The van der Waals surface area contributed by atoms with Crippen LogP contribution in [-0.4, -0.2) is 64.6 Å². The van der Waals surface area contributed by atoms with Gasteiger partial charge >= 0.3 is 5.97 Å². The van der Waals surface area contributed by atoms with Crippen molar-refractivity contribution in [1.29, 1.82) is 0 Å². The number of aliphatic carboxylic acids is 1. The molecule has 10 heteroatoms. The Morgan fingerprint density at radius 3 is 2.88 bits per heavy atom. The van der Waals surface area contributed by atoms with E-state index in [9.17, 15) is 19.5 Å². The maximum absolute atomic E-state index is 13.0. The second kappa shape index (κ2) is 7.47. The van der Waals surface area contributed by atoms with Crippen LogP contribution in [-0.2, 0) is 11.2 Å². The summed E-state index contributed by atoms with van der Waals surface area (Å²) in [6.45, 7) is 5.61. The number of hydrogen-bond donors (Lipinski definition) is 2. The van der Waals surface area contributed by atoms with Gasteiger partial charge in [0.25, 0.3) is 11.8 Å². The summed E-state index contributed by atoms with van der Waals surface area (Å²) in [5.74, 6) is -1.05. The number of likely N-dealkylation sites (tertiary alicyclic amines) is 1. The molecule has 2 N–H and O–H groups in total. The number of nitrogens with one attached hydrogen (secondary N) is 1. The van der Waals surface area contributed by atoms with Gasteiger partial charge in [-0.2, -0.15) is 0 Å². The minimum atomic E-state index is -0.870. The average molecular weight is 457 g/mol. The third kappa shape index (κ3) is 3.58. The number of carboxylic acids is 1. The monoisotopic (exact) mass is 456 g/mol. The highest BCUT2D eigenvalue weighted by atomic mass is 32.1. The number of carbonyl (C=O) groups excluding carboxylic acids is 2. The minimum absolute atomic E-state index is 0.112. The van der Waals surface area contributed by atoms with E-state index >= 15 is 0 Å². The van der Waals surface area contributed by atoms with Crippen LogP contribution in [0.5, 0.6) is 5.75 Å². The Kier molecular flexibility index (Phi) is 4.85. The fraction of sp³-hybridized carbons (Fsp3) is 0.455. The molecule has 0 bridgehead atoms. The number of carboxylic acid groups (broad SMARTS) is 1. The summed E-state index contributed by atoms with van der Waals surface area (Å²) in [7, 11) is 0. The number of thiazole rings is 1. The molecule has 32 heavy (non-hydrogen) atoms. The topological polar surface area (TPSA) is 112 Å². The molecule has 0 radical (unpaired) electrons. The number of ether oxygens (including phenoxy) is 1. The first-order chi connectivity index (χ1) is 15.2. The molecule has 4 heterocycles. The number of rotatable bonds is 3. The van der Waals surface area contributed by atoms with Crippen LogP contribution in [0.25, 0.3) is 0 Å². The third-order valence-electron chi connectivity index (χ3n) is 6.08. The number of fused-ring (bicyclic) bond motifs is 2. The van der Waals surface area contributed by atoms with E-state index in [2.05, 4.69) is 5.32 Å². The van der Waals surface area contributed by atoms with Crippen molar-refractivity contribution in [1.82, 2.24) is 15.2 Å². The summed E-state index contributed by atoms with van der Waals surface area (Å²) in [6.07, 6.45) is 1.12. The molecule has 3 aliphatic heterocycles. The predicted molar refractivity (Wildman–Crippen MR) is 118 cm³/mol. The van der Waals surface area contributed by atoms with Crippen molar-refractivity contribution in [2.75, 3.05) is 31.1 Å². The van der Waals surface area contributed by atoms with Crippen LogP contribution in [0.3, 0.4) is 0 Å². The molecule has 1 aromatic carbocycles. The SMILES string of the molecule is CC1(C)Cc2nc(N3CCOc4ccc(C(=O)N5CCC(C(=O)O)C5)cc43)sc2C(=O)N1. The van der Waals surface area contributed by atoms with Gasteiger partial charge in [-0.15, -0.1) is 0 Å². The van der Waals surface area contributed by atoms with Crippen molar-refractivity contribution < 1.29 is 24.2 Å². The molecule has 2 aromatic rings. The number of anilines is 2. The van der Waals surface area contributed by atoms with Gasteiger partial charge in [0.2, 0.25) is 0 Å². The van der Waals surface area contributed by atoms with Gasteiger partial charge in [0.1, 0.15) is 17.2 Å². The van der Waals surface area contributed by atoms with E-state index in [0.717, 1.165) is 11.4 Å². The highest BCUT2D eigenvalue weighted by Gasteiger charge is 2.35. The smallest absolute Gasteiger partial charge is 0.308 e. The molecule has 2 amide bonds. The van der Waals surface area contributed by atoms with E-state index in [0.29, 0.717) is 53.9 Å². The first kappa shape index (κ1) is 20.7. The summed E-state index contributed by atoms with van der Waals surface area (Å²) < 4.78 is 5.79. The van der Waals surface area contributed by atoms with Gasteiger partial charge in [0.05, 0.1) is 23.8 Å². The Bertz CT molecular complexity index is 1130. The standard InChI is InChI=1S/C22H24N4O5S/c1-22(2)10-14-17(18(27)24-22)32-21(23-14)26-7-8-31-16-4-3-12(9-15(16)26)19(28)25-6-5-13(11-25)20(29)30/h3-4,9,13H,5-8,10-11H2,1-2H3,(H,24,27)(H,29,30). The van der Waals surface area contributed by atoms with Crippen LogP contribution in [0, 0.1) is 5.92 Å². The van der Waals surface area contributed by atoms with Crippen LogP contribution >= 0.6 is 11.3 Å². The van der Waals surface area contributed by atoms with Crippen LogP contribution in [0.4, 0.5) is 10.8 Å². The molecular formula is C22H24N4O5S. The van der Waals surface area contributed by atoms with E-state index in [1.165, 1.54) is 11.3 Å². The van der Waals surface area contributed by atoms with Crippen LogP contribution in [0.2, 0.25) is 0 Å². The molecular weight excluding hydrogens is 432 g/mol. The molecule has 1 aromatic heterocycles. The van der Waals surface area contributed by atoms with Gasteiger partial charge in [-0.3, -0.25) is 14.4 Å². The van der Waals surface area contributed by atoms with Crippen LogP contribution in [0.15, 0.2) is 18.2 Å². The molecule has 1 atom stereocenters. The third-order valence-corrected chi connectivity index (χ3v) is 7.20. The first-order valence-corrected chi connectivity index (χ1v) is 11.4. The predicted octanol–water partition coefficient (Wildman–Crippen LogP) is 2.28. The Morgan fingerprint density at radius 2 is 2.12 bits per heavy atom. The van der Waals surface area contributed by atoms with Crippen LogP contribution in [0.1, 0.15) is 46.0 Å². The van der Waals surface area contributed by atoms with E-state index in [1.54, 1.807) is 23.1 Å². The Morgan fingerprint density at radius 1 is 1.31 bits per heavy atom. The highest BCUT2D eigenvalue weighted by Crippen LogP contribution is 2.41. The molecule has 1 fully saturated rings. The van der Waals surface area contributed by atoms with E-state index in [1.807, 2.05) is 18.7 Å². The molecule has 168 valence electrons. The van der Waals surface area contributed by atoms with Crippen LogP contribution < -0.4 is 15.0 Å². The lowest BCUT2D eigenvalue weighted by Gasteiger charge is -2.30. The number of benzene rings is 1. The Hall–Kier alpha value is -3.14. The van der Waals surface area contributed by atoms with E-state index in [4.69, 9.17) is 9.72 Å². The summed E-state index contributed by atoms with van der Waals surface area (Å²) >= 11 is 1.34. The number of amides is 2. The van der Waals surface area contributed by atoms with Gasteiger partial charge in [0.15, 0.2) is 5.13 Å². The second-order valence-electron chi connectivity index (χ2n) is 9.04. The number of nitrogens with zero attached hydrogens (tertiary/aromatic N) is 3. The number of hydrogen-bond acceptors (Lipinski definition) is 7. The van der Waals surface area contributed by atoms with Gasteiger partial charge in [0, 0.05) is 30.6 Å². The van der Waals surface area contributed by atoms with E-state index < -0.39 is 11.9 Å². The van der Waals surface area contributed by atoms with Gasteiger partial charge in [-0.25, -0.2) is 4.98 Å². The number of aromatic nitrogens is 1. The largest absolute Gasteiger partial charge is 0.490 e. The zero-order chi connectivity index (χ0) is 22.6. The zero-order valence-electron chi connectivity index (χ0n) is 17.9. The molecule has 1 unspecified atom stereocenters. The molecule has 0 saturated carbocycles. The summed E-state index contributed by atoms with van der Waals surface area (Å²) in [5.41, 5.74) is 1.64. The summed E-state index contributed by atoms with van der Waals surface area (Å²) in [5, 5.41) is 12.9. The normalized spacial score (nSPS) is 21.4. The lowest BCUT2D eigenvalue weighted by Crippen LogP contribution is -2.48. The molecule has 9 nitrogen and oxygen atoms in total. The fourth-order valence-electron chi connectivity index (χ4n) is 4.46. The van der Waals surface area contributed by atoms with Crippen molar-refractivity contribution in [3.8, 4) is 5.75 Å². The highest BCUT2D eigenvalue weighted by molar-refractivity contribution is 7.17. The lowest BCUT2D eigenvalue weighted by molar-refractivity contribution is -0.141. The maximum Gasteiger partial charge on any atom is 0.308 e. The van der Waals surface area contributed by atoms with E-state index in [-0.39, 0.29) is 23.9 Å². The second-order valence-corrected chi connectivity index (χ2v) is 10.0. The minimum Gasteiger partial charge on any atom is -0.490 e. The average Bonchev–Trinajstić information content (AvgIpc) is 3.39. The molecule has 1 saturated heterocycles. The first-order valence-electron chi connectivity index (χ1n) is 10.6. The Balaban J connectivity index is 1.45. The van der Waals surface area contributed by atoms with Crippen molar-refractivity contribution in [2.45, 2.75) is 32.2 Å². The Labute approximate surface area is 189 Å². The van der Waals surface area contributed by atoms with Gasteiger partial charge < -0.3 is 25.0 Å². The van der Waals surface area contributed by atoms with Crippen molar-refractivity contribution >= 4 is 39.9 Å². The fourth-order valence-corrected chi connectivity index (χ4v) is 5.47. The molecule has 5 rings (SSSR count).